The van der Waals surface area contributed by atoms with Gasteiger partial charge in [0, 0.05) is 37.3 Å². The van der Waals surface area contributed by atoms with Crippen molar-refractivity contribution in [3.8, 4) is 0 Å². The summed E-state index contributed by atoms with van der Waals surface area (Å²) in [6.07, 6.45) is -5.48. The van der Waals surface area contributed by atoms with E-state index in [1.165, 1.54) is 11.4 Å². The average Bonchev–Trinajstić information content (AvgIpc) is 3.36. The quantitative estimate of drug-likeness (QED) is 0.527. The number of hydrogen-bond acceptors (Lipinski definition) is 8. The standard InChI is InChI=1S/C15H25N3O2S.2C2HF3O2/c1-17(2)6-8-19-13-10-18(11-14-16-5-9-21-14)12-4-3-7-20-15(12)13;2*3-2(4,5)1(6)7/h5,9,12-13,15H,3-4,6-8,10-11H2,1-2H3;2*(H,6,7)/t12-,13+,15+;;/m1../s1. The second-order valence-corrected chi connectivity index (χ2v) is 8.70. The zero-order valence-electron chi connectivity index (χ0n) is 18.9. The van der Waals surface area contributed by atoms with Gasteiger partial charge in [0.05, 0.1) is 19.3 Å². The summed E-state index contributed by atoms with van der Waals surface area (Å²) < 4.78 is 75.6. The van der Waals surface area contributed by atoms with Crippen molar-refractivity contribution >= 4 is 23.3 Å². The highest BCUT2D eigenvalue weighted by Crippen LogP contribution is 2.32. The number of carbonyl (C=O) groups is 2. The van der Waals surface area contributed by atoms with Crippen molar-refractivity contribution in [3.05, 3.63) is 16.6 Å². The smallest absolute Gasteiger partial charge is 0.475 e. The summed E-state index contributed by atoms with van der Waals surface area (Å²) in [4.78, 5) is 26.9. The fourth-order valence-electron chi connectivity index (χ4n) is 3.22. The number of fused-ring (bicyclic) bond motifs is 1. The maximum atomic E-state index is 10.6. The maximum Gasteiger partial charge on any atom is 0.490 e. The molecule has 0 bridgehead atoms. The molecule has 202 valence electrons. The molecule has 2 aliphatic heterocycles. The number of likely N-dealkylation sites (tertiary alicyclic amines) is 1. The molecule has 0 aliphatic carbocycles. The van der Waals surface area contributed by atoms with Crippen LogP contribution in [0.25, 0.3) is 0 Å². The lowest BCUT2D eigenvalue weighted by Gasteiger charge is -2.32. The first-order valence-electron chi connectivity index (χ1n) is 10.2. The van der Waals surface area contributed by atoms with E-state index < -0.39 is 24.3 Å². The molecule has 0 saturated carbocycles. The highest BCUT2D eigenvalue weighted by molar-refractivity contribution is 7.09. The molecule has 2 saturated heterocycles. The van der Waals surface area contributed by atoms with Gasteiger partial charge in [-0.15, -0.1) is 11.3 Å². The third-order valence-corrected chi connectivity index (χ3v) is 5.53. The van der Waals surface area contributed by atoms with Crippen LogP contribution in [0.3, 0.4) is 0 Å². The lowest BCUT2D eigenvalue weighted by atomic mass is 10.0. The van der Waals surface area contributed by atoms with Crippen LogP contribution in [0.1, 0.15) is 17.8 Å². The number of rotatable bonds is 6. The Morgan fingerprint density at radius 2 is 1.77 bits per heavy atom. The van der Waals surface area contributed by atoms with Crippen LogP contribution in [-0.2, 0) is 25.6 Å². The monoisotopic (exact) mass is 539 g/mol. The zero-order chi connectivity index (χ0) is 26.8. The van der Waals surface area contributed by atoms with Crippen LogP contribution in [0, 0.1) is 0 Å². The Kier molecular flexibility index (Phi) is 12.3. The second-order valence-electron chi connectivity index (χ2n) is 7.72. The molecule has 1 aromatic rings. The number of halogens is 6. The van der Waals surface area contributed by atoms with E-state index >= 15 is 0 Å². The first-order valence-corrected chi connectivity index (χ1v) is 11.1. The van der Waals surface area contributed by atoms with Gasteiger partial charge in [-0.25, -0.2) is 14.6 Å². The Morgan fingerprint density at radius 1 is 1.20 bits per heavy atom. The number of thiazole rings is 1. The molecule has 2 aliphatic rings. The van der Waals surface area contributed by atoms with E-state index in [1.54, 1.807) is 11.3 Å². The summed E-state index contributed by atoms with van der Waals surface area (Å²) in [5.41, 5.74) is 0. The third-order valence-electron chi connectivity index (χ3n) is 4.76. The number of alkyl halides is 6. The van der Waals surface area contributed by atoms with Gasteiger partial charge < -0.3 is 24.6 Å². The third kappa shape index (κ3) is 11.5. The summed E-state index contributed by atoms with van der Waals surface area (Å²) in [6, 6.07) is 0.493. The molecule has 2 N–H and O–H groups in total. The molecule has 0 aromatic carbocycles. The van der Waals surface area contributed by atoms with E-state index in [-0.39, 0.29) is 12.2 Å². The molecule has 1 aromatic heterocycles. The SMILES string of the molecule is CN(C)CCO[C@H]1CN(Cc2nccs2)[C@@H]2CCCO[C@H]12.O=C(O)C(F)(F)F.O=C(O)C(F)(F)F. The first kappa shape index (κ1) is 31.0. The predicted octanol–water partition coefficient (Wildman–Crippen LogP) is 2.72. The molecule has 0 spiro atoms. The minimum atomic E-state index is -5.08. The topological polar surface area (TPSA) is 112 Å². The van der Waals surface area contributed by atoms with Gasteiger partial charge in [-0.2, -0.15) is 26.3 Å². The van der Waals surface area contributed by atoms with E-state index in [1.807, 2.05) is 11.6 Å². The van der Waals surface area contributed by atoms with Crippen molar-refractivity contribution in [1.82, 2.24) is 14.8 Å². The predicted molar refractivity (Wildman–Crippen MR) is 111 cm³/mol. The molecule has 16 heteroatoms. The van der Waals surface area contributed by atoms with Gasteiger partial charge in [0.2, 0.25) is 0 Å². The molecule has 3 rings (SSSR count). The van der Waals surface area contributed by atoms with Gasteiger partial charge in [0.25, 0.3) is 0 Å². The van der Waals surface area contributed by atoms with Crippen molar-refractivity contribution < 1.29 is 55.6 Å². The average molecular weight is 539 g/mol. The maximum absolute atomic E-state index is 10.6. The number of aromatic nitrogens is 1. The van der Waals surface area contributed by atoms with E-state index in [0.717, 1.165) is 39.3 Å². The molecule has 3 heterocycles. The van der Waals surface area contributed by atoms with E-state index in [4.69, 9.17) is 29.3 Å². The normalized spacial score (nSPS) is 22.5. The van der Waals surface area contributed by atoms with Crippen LogP contribution in [0.5, 0.6) is 0 Å². The fraction of sp³-hybridized carbons (Fsp3) is 0.737. The lowest BCUT2D eigenvalue weighted by molar-refractivity contribution is -0.193. The Bertz CT molecular complexity index is 754. The Balaban J connectivity index is 0.000000362. The van der Waals surface area contributed by atoms with Gasteiger partial charge >= 0.3 is 24.3 Å². The fourth-order valence-corrected chi connectivity index (χ4v) is 3.86. The largest absolute Gasteiger partial charge is 0.490 e. The minimum absolute atomic E-state index is 0.204. The highest BCUT2D eigenvalue weighted by Gasteiger charge is 2.44. The minimum Gasteiger partial charge on any atom is -0.475 e. The molecule has 0 amide bonds. The van der Waals surface area contributed by atoms with E-state index in [2.05, 4.69) is 28.9 Å². The van der Waals surface area contributed by atoms with Crippen LogP contribution in [0.2, 0.25) is 0 Å². The Morgan fingerprint density at radius 3 is 2.23 bits per heavy atom. The number of hydrogen-bond donors (Lipinski definition) is 2. The number of carboxylic acid groups (broad SMARTS) is 2. The first-order chi connectivity index (χ1) is 16.1. The van der Waals surface area contributed by atoms with Crippen LogP contribution in [0.15, 0.2) is 11.6 Å². The lowest BCUT2D eigenvalue weighted by Crippen LogP contribution is -2.42. The van der Waals surface area contributed by atoms with E-state index in [9.17, 15) is 26.3 Å². The van der Waals surface area contributed by atoms with Crippen molar-refractivity contribution in [3.63, 3.8) is 0 Å². The van der Waals surface area contributed by atoms with Crippen LogP contribution < -0.4 is 0 Å². The van der Waals surface area contributed by atoms with Crippen molar-refractivity contribution in [2.24, 2.45) is 0 Å². The number of likely N-dealkylation sites (N-methyl/N-ethyl adjacent to an activating group) is 1. The van der Waals surface area contributed by atoms with Crippen molar-refractivity contribution in [1.29, 1.82) is 0 Å². The van der Waals surface area contributed by atoms with Gasteiger partial charge in [-0.05, 0) is 26.9 Å². The number of aliphatic carboxylic acids is 2. The highest BCUT2D eigenvalue weighted by atomic mass is 32.1. The van der Waals surface area contributed by atoms with Gasteiger partial charge in [-0.3, -0.25) is 4.90 Å². The number of nitrogens with zero attached hydrogens (tertiary/aromatic N) is 3. The van der Waals surface area contributed by atoms with Gasteiger partial charge in [0.1, 0.15) is 11.1 Å². The zero-order valence-corrected chi connectivity index (χ0v) is 19.7. The molecule has 3 atom stereocenters. The summed E-state index contributed by atoms with van der Waals surface area (Å²) in [5.74, 6) is -5.51. The van der Waals surface area contributed by atoms with Crippen molar-refractivity contribution in [2.45, 2.75) is 50.0 Å². The summed E-state index contributed by atoms with van der Waals surface area (Å²) in [7, 11) is 4.15. The van der Waals surface area contributed by atoms with Crippen LogP contribution >= 0.6 is 11.3 Å². The summed E-state index contributed by atoms with van der Waals surface area (Å²) in [5, 5.41) is 17.5. The van der Waals surface area contributed by atoms with Crippen molar-refractivity contribution in [2.75, 3.05) is 40.4 Å². The Hall–Kier alpha value is -2.01. The van der Waals surface area contributed by atoms with Crippen LogP contribution in [-0.4, -0.2) is 108 Å². The van der Waals surface area contributed by atoms with Gasteiger partial charge in [0.15, 0.2) is 0 Å². The second kappa shape index (κ2) is 13.9. The van der Waals surface area contributed by atoms with E-state index in [0.29, 0.717) is 6.04 Å². The molecular formula is C19H27F6N3O6S. The number of ether oxygens (including phenoxy) is 2. The summed E-state index contributed by atoms with van der Waals surface area (Å²) >= 11 is 1.73. The van der Waals surface area contributed by atoms with Crippen LogP contribution in [0.4, 0.5) is 26.3 Å². The molecule has 9 nitrogen and oxygen atoms in total. The Labute approximate surface area is 201 Å². The number of carboxylic acids is 2. The molecular weight excluding hydrogens is 512 g/mol. The molecule has 35 heavy (non-hydrogen) atoms. The molecule has 0 unspecified atom stereocenters. The molecule has 2 fully saturated rings. The molecule has 0 radical (unpaired) electrons. The summed E-state index contributed by atoms with van der Waals surface area (Å²) in [6.45, 7) is 4.49. The van der Waals surface area contributed by atoms with Gasteiger partial charge in [-0.1, -0.05) is 0 Å².